The van der Waals surface area contributed by atoms with Gasteiger partial charge in [-0.2, -0.15) is 0 Å². The molecule has 0 radical (unpaired) electrons. The van der Waals surface area contributed by atoms with Crippen molar-refractivity contribution in [3.63, 3.8) is 0 Å². The zero-order valence-corrected chi connectivity index (χ0v) is 12.2. The molecule has 0 bridgehead atoms. The molecule has 1 aliphatic heterocycles. The molecule has 1 aliphatic rings. The maximum Gasteiger partial charge on any atom is 0.0594 e. The van der Waals surface area contributed by atoms with Gasteiger partial charge in [-0.3, -0.25) is 4.90 Å². The molecular weight excluding hydrogens is 236 g/mol. The summed E-state index contributed by atoms with van der Waals surface area (Å²) in [5, 5.41) is 3.61. The summed E-state index contributed by atoms with van der Waals surface area (Å²) in [4.78, 5) is 2.48. The van der Waals surface area contributed by atoms with E-state index < -0.39 is 0 Å². The predicted octanol–water partition coefficient (Wildman–Crippen LogP) is 1.85. The Bertz CT molecular complexity index is 358. The fourth-order valence-corrected chi connectivity index (χ4v) is 2.45. The van der Waals surface area contributed by atoms with Gasteiger partial charge in [-0.1, -0.05) is 29.8 Å². The highest BCUT2D eigenvalue weighted by molar-refractivity contribution is 5.21. The molecule has 19 heavy (non-hydrogen) atoms. The number of rotatable bonds is 6. The van der Waals surface area contributed by atoms with Gasteiger partial charge in [0.05, 0.1) is 13.2 Å². The van der Waals surface area contributed by atoms with Crippen LogP contribution < -0.4 is 5.32 Å². The minimum Gasteiger partial charge on any atom is -0.379 e. The average Bonchev–Trinajstić information content (AvgIpc) is 2.42. The Balaban J connectivity index is 1.63. The first kappa shape index (κ1) is 14.5. The highest BCUT2D eigenvalue weighted by Gasteiger charge is 2.12. The summed E-state index contributed by atoms with van der Waals surface area (Å²) < 4.78 is 5.37. The van der Waals surface area contributed by atoms with E-state index in [0.717, 1.165) is 45.8 Å². The molecule has 2 rings (SSSR count). The van der Waals surface area contributed by atoms with E-state index in [4.69, 9.17) is 4.74 Å². The molecule has 0 aromatic heterocycles. The zero-order valence-electron chi connectivity index (χ0n) is 12.2. The third-order valence-electron chi connectivity index (χ3n) is 3.66. The van der Waals surface area contributed by atoms with Crippen molar-refractivity contribution >= 4 is 0 Å². The van der Waals surface area contributed by atoms with Crippen LogP contribution in [-0.4, -0.2) is 50.3 Å². The van der Waals surface area contributed by atoms with Crippen molar-refractivity contribution in [3.8, 4) is 0 Å². The summed E-state index contributed by atoms with van der Waals surface area (Å²) >= 11 is 0. The van der Waals surface area contributed by atoms with Crippen molar-refractivity contribution in [1.82, 2.24) is 10.2 Å². The van der Waals surface area contributed by atoms with Gasteiger partial charge in [0, 0.05) is 25.7 Å². The Hall–Kier alpha value is -0.900. The Morgan fingerprint density at radius 2 is 1.89 bits per heavy atom. The van der Waals surface area contributed by atoms with Crippen LogP contribution in [0.5, 0.6) is 0 Å². The monoisotopic (exact) mass is 262 g/mol. The van der Waals surface area contributed by atoms with Crippen LogP contribution in [-0.2, 0) is 11.2 Å². The summed E-state index contributed by atoms with van der Waals surface area (Å²) in [6.07, 6.45) is 1.10. The fraction of sp³-hybridized carbons (Fsp3) is 0.625. The molecule has 0 amide bonds. The Morgan fingerprint density at radius 3 is 2.58 bits per heavy atom. The van der Waals surface area contributed by atoms with Crippen LogP contribution in [0.25, 0.3) is 0 Å². The van der Waals surface area contributed by atoms with E-state index in [9.17, 15) is 0 Å². The molecule has 1 aromatic carbocycles. The number of nitrogens with zero attached hydrogens (tertiary/aromatic N) is 1. The average molecular weight is 262 g/mol. The third-order valence-corrected chi connectivity index (χ3v) is 3.66. The lowest BCUT2D eigenvalue weighted by Crippen LogP contribution is -2.44. The van der Waals surface area contributed by atoms with Crippen molar-refractivity contribution in [2.24, 2.45) is 0 Å². The van der Waals surface area contributed by atoms with Crippen LogP contribution in [0.3, 0.4) is 0 Å². The standard InChI is InChI=1S/C16H26N2O/c1-14-3-5-16(6-4-14)7-8-17-15(2)13-18-9-11-19-12-10-18/h3-6,15,17H,7-13H2,1-2H3. The van der Waals surface area contributed by atoms with E-state index in [1.807, 2.05) is 0 Å². The summed E-state index contributed by atoms with van der Waals surface area (Å²) in [6.45, 7) is 10.5. The second-order valence-corrected chi connectivity index (χ2v) is 5.50. The molecule has 0 spiro atoms. The van der Waals surface area contributed by atoms with Crippen molar-refractivity contribution in [3.05, 3.63) is 35.4 Å². The van der Waals surface area contributed by atoms with Gasteiger partial charge in [0.1, 0.15) is 0 Å². The van der Waals surface area contributed by atoms with Gasteiger partial charge < -0.3 is 10.1 Å². The van der Waals surface area contributed by atoms with Crippen molar-refractivity contribution < 1.29 is 4.74 Å². The van der Waals surface area contributed by atoms with Gasteiger partial charge >= 0.3 is 0 Å². The first-order chi connectivity index (χ1) is 9.24. The summed E-state index contributed by atoms with van der Waals surface area (Å²) in [6, 6.07) is 9.37. The number of hydrogen-bond acceptors (Lipinski definition) is 3. The number of morpholine rings is 1. The van der Waals surface area contributed by atoms with Crippen molar-refractivity contribution in [2.75, 3.05) is 39.4 Å². The molecule has 1 heterocycles. The summed E-state index contributed by atoms with van der Waals surface area (Å²) in [7, 11) is 0. The lowest BCUT2D eigenvalue weighted by Gasteiger charge is -2.29. The molecule has 3 nitrogen and oxygen atoms in total. The van der Waals surface area contributed by atoms with Gasteiger partial charge in [-0.25, -0.2) is 0 Å². The van der Waals surface area contributed by atoms with Crippen LogP contribution in [0.15, 0.2) is 24.3 Å². The lowest BCUT2D eigenvalue weighted by atomic mass is 10.1. The lowest BCUT2D eigenvalue weighted by molar-refractivity contribution is 0.0344. The highest BCUT2D eigenvalue weighted by atomic mass is 16.5. The number of nitrogens with one attached hydrogen (secondary N) is 1. The summed E-state index contributed by atoms with van der Waals surface area (Å²) in [5.74, 6) is 0. The van der Waals surface area contributed by atoms with Gasteiger partial charge in [0.15, 0.2) is 0 Å². The molecule has 3 heteroatoms. The first-order valence-electron chi connectivity index (χ1n) is 7.33. The number of aryl methyl sites for hydroxylation is 1. The third kappa shape index (κ3) is 5.31. The molecule has 1 aromatic rings. The van der Waals surface area contributed by atoms with Crippen LogP contribution in [0, 0.1) is 6.92 Å². The van der Waals surface area contributed by atoms with E-state index in [0.29, 0.717) is 6.04 Å². The Labute approximate surface area is 116 Å². The van der Waals surface area contributed by atoms with Crippen LogP contribution in [0.4, 0.5) is 0 Å². The molecule has 1 N–H and O–H groups in total. The van der Waals surface area contributed by atoms with Crippen LogP contribution in [0.1, 0.15) is 18.1 Å². The summed E-state index contributed by atoms with van der Waals surface area (Å²) in [5.41, 5.74) is 2.74. The Kier molecular flexibility index (Phi) is 5.83. The van der Waals surface area contributed by atoms with Gasteiger partial charge in [-0.15, -0.1) is 0 Å². The number of benzene rings is 1. The molecule has 1 fully saturated rings. The van der Waals surface area contributed by atoms with Gasteiger partial charge in [0.2, 0.25) is 0 Å². The molecular formula is C16H26N2O. The normalized spacial score (nSPS) is 18.4. The second kappa shape index (κ2) is 7.63. The second-order valence-electron chi connectivity index (χ2n) is 5.50. The quantitative estimate of drug-likeness (QED) is 0.847. The smallest absolute Gasteiger partial charge is 0.0594 e. The first-order valence-corrected chi connectivity index (χ1v) is 7.33. The molecule has 1 atom stereocenters. The number of ether oxygens (including phenoxy) is 1. The van der Waals surface area contributed by atoms with Crippen LogP contribution >= 0.6 is 0 Å². The van der Waals surface area contributed by atoms with E-state index in [2.05, 4.69) is 48.3 Å². The Morgan fingerprint density at radius 1 is 1.21 bits per heavy atom. The van der Waals surface area contributed by atoms with Gasteiger partial charge in [0.25, 0.3) is 0 Å². The number of hydrogen-bond donors (Lipinski definition) is 1. The minimum atomic E-state index is 0.545. The molecule has 0 saturated carbocycles. The minimum absolute atomic E-state index is 0.545. The van der Waals surface area contributed by atoms with Crippen LogP contribution in [0.2, 0.25) is 0 Å². The molecule has 1 saturated heterocycles. The maximum atomic E-state index is 5.37. The largest absolute Gasteiger partial charge is 0.379 e. The van der Waals surface area contributed by atoms with E-state index in [-0.39, 0.29) is 0 Å². The molecule has 0 aliphatic carbocycles. The van der Waals surface area contributed by atoms with Crippen molar-refractivity contribution in [2.45, 2.75) is 26.3 Å². The fourth-order valence-electron chi connectivity index (χ4n) is 2.45. The predicted molar refractivity (Wildman–Crippen MR) is 79.6 cm³/mol. The van der Waals surface area contributed by atoms with Crippen molar-refractivity contribution in [1.29, 1.82) is 0 Å². The van der Waals surface area contributed by atoms with E-state index >= 15 is 0 Å². The zero-order chi connectivity index (χ0) is 13.5. The van der Waals surface area contributed by atoms with E-state index in [1.54, 1.807) is 0 Å². The highest BCUT2D eigenvalue weighted by Crippen LogP contribution is 2.03. The van der Waals surface area contributed by atoms with Gasteiger partial charge in [-0.05, 0) is 32.4 Å². The van der Waals surface area contributed by atoms with E-state index in [1.165, 1.54) is 11.1 Å². The molecule has 106 valence electrons. The SMILES string of the molecule is Cc1ccc(CCNC(C)CN2CCOCC2)cc1. The topological polar surface area (TPSA) is 24.5 Å². The molecule has 1 unspecified atom stereocenters. The maximum absolute atomic E-state index is 5.37.